The van der Waals surface area contributed by atoms with Gasteiger partial charge in [-0.3, -0.25) is 9.59 Å². The third-order valence-electron chi connectivity index (χ3n) is 4.85. The Labute approximate surface area is 168 Å². The van der Waals surface area contributed by atoms with Crippen molar-refractivity contribution in [1.29, 1.82) is 0 Å². The molecular weight excluding hydrogens is 366 g/mol. The molecule has 3 N–H and O–H groups in total. The van der Waals surface area contributed by atoms with Crippen molar-refractivity contribution in [3.05, 3.63) is 29.8 Å². The van der Waals surface area contributed by atoms with Crippen molar-refractivity contribution in [3.8, 4) is 5.75 Å². The number of hydrogen-bond donors (Lipinski definition) is 2. The van der Waals surface area contributed by atoms with Crippen LogP contribution in [-0.4, -0.2) is 48.0 Å². The van der Waals surface area contributed by atoms with Crippen LogP contribution in [0.2, 0.25) is 0 Å². The second kappa shape index (κ2) is 11.1. The van der Waals surface area contributed by atoms with Gasteiger partial charge >= 0.3 is 0 Å². The molecule has 1 aromatic rings. The van der Waals surface area contributed by atoms with Crippen molar-refractivity contribution in [2.24, 2.45) is 5.73 Å². The Morgan fingerprint density at radius 2 is 1.81 bits per heavy atom. The van der Waals surface area contributed by atoms with Gasteiger partial charge in [-0.05, 0) is 70.7 Å². The van der Waals surface area contributed by atoms with Crippen LogP contribution in [0.1, 0.15) is 56.8 Å². The summed E-state index contributed by atoms with van der Waals surface area (Å²) in [6.45, 7) is 6.66. The van der Waals surface area contributed by atoms with E-state index in [4.69, 9.17) is 10.5 Å². The van der Waals surface area contributed by atoms with E-state index in [2.05, 4.69) is 19.2 Å². The van der Waals surface area contributed by atoms with Gasteiger partial charge in [0.1, 0.15) is 5.75 Å². The number of carbonyl (C=O) groups is 2. The minimum Gasteiger partial charge on any atom is -0.484 e. The Morgan fingerprint density at radius 3 is 2.37 bits per heavy atom. The molecule has 1 saturated heterocycles. The van der Waals surface area contributed by atoms with Crippen LogP contribution in [-0.2, 0) is 4.79 Å². The summed E-state index contributed by atoms with van der Waals surface area (Å²) in [6.07, 6.45) is 3.99. The van der Waals surface area contributed by atoms with E-state index in [1.54, 1.807) is 24.3 Å². The summed E-state index contributed by atoms with van der Waals surface area (Å²) in [5.74, 6) is 0.467. The Morgan fingerprint density at radius 1 is 1.22 bits per heavy atom. The van der Waals surface area contributed by atoms with Gasteiger partial charge in [-0.2, -0.15) is 0 Å². The highest BCUT2D eigenvalue weighted by Gasteiger charge is 2.28. The molecule has 0 aromatic heterocycles. The number of rotatable bonds is 7. The van der Waals surface area contributed by atoms with E-state index in [9.17, 15) is 9.59 Å². The van der Waals surface area contributed by atoms with Gasteiger partial charge in [-0.15, -0.1) is 12.4 Å². The number of carbonyl (C=O) groups excluding carboxylic acids is 2. The first-order chi connectivity index (χ1) is 12.4. The molecule has 1 aromatic carbocycles. The van der Waals surface area contributed by atoms with Gasteiger partial charge in [-0.25, -0.2) is 0 Å². The summed E-state index contributed by atoms with van der Waals surface area (Å²) in [6, 6.07) is 7.43. The van der Waals surface area contributed by atoms with Crippen molar-refractivity contribution < 1.29 is 14.3 Å². The standard InChI is InChI=1S/C20H31N3O3.ClH/c1-14(21)11-12-22-20(25)17-7-9-18(10-8-17)26-13-19(24)23-15(2)5-4-6-16(23)3;/h7-10,14-16H,4-6,11-13,21H2,1-3H3,(H,22,25);1H. The number of likely N-dealkylation sites (tertiary alicyclic amines) is 1. The Bertz CT molecular complexity index is 597. The number of nitrogens with two attached hydrogens (primary N) is 1. The monoisotopic (exact) mass is 397 g/mol. The Balaban J connectivity index is 0.00000364. The minimum absolute atomic E-state index is 0. The van der Waals surface area contributed by atoms with Crippen molar-refractivity contribution in [2.45, 2.75) is 64.6 Å². The third kappa shape index (κ3) is 7.03. The maximum atomic E-state index is 12.5. The van der Waals surface area contributed by atoms with E-state index in [1.165, 1.54) is 6.42 Å². The summed E-state index contributed by atoms with van der Waals surface area (Å²) in [5.41, 5.74) is 6.23. The van der Waals surface area contributed by atoms with Crippen LogP contribution in [0.25, 0.3) is 0 Å². The number of nitrogens with zero attached hydrogens (tertiary/aromatic N) is 1. The molecule has 1 aliphatic heterocycles. The van der Waals surface area contributed by atoms with Crippen LogP contribution >= 0.6 is 12.4 Å². The van der Waals surface area contributed by atoms with E-state index in [-0.39, 0.29) is 49.0 Å². The lowest BCUT2D eigenvalue weighted by atomic mass is 9.97. The maximum absolute atomic E-state index is 12.5. The molecule has 0 saturated carbocycles. The molecular formula is C20H32ClN3O3. The largest absolute Gasteiger partial charge is 0.484 e. The molecule has 0 radical (unpaired) electrons. The van der Waals surface area contributed by atoms with Crippen LogP contribution < -0.4 is 15.8 Å². The van der Waals surface area contributed by atoms with Crippen LogP contribution in [0, 0.1) is 0 Å². The van der Waals surface area contributed by atoms with E-state index in [1.807, 2.05) is 11.8 Å². The zero-order chi connectivity index (χ0) is 19.1. The smallest absolute Gasteiger partial charge is 0.260 e. The molecule has 3 atom stereocenters. The Kier molecular flexibility index (Phi) is 9.60. The van der Waals surface area contributed by atoms with Gasteiger partial charge in [0.15, 0.2) is 6.61 Å². The fourth-order valence-electron chi connectivity index (χ4n) is 3.35. The Hall–Kier alpha value is -1.79. The highest BCUT2D eigenvalue weighted by molar-refractivity contribution is 5.94. The molecule has 152 valence electrons. The number of halogens is 1. The molecule has 7 heteroatoms. The van der Waals surface area contributed by atoms with Crippen molar-refractivity contribution >= 4 is 24.2 Å². The summed E-state index contributed by atoms with van der Waals surface area (Å²) in [7, 11) is 0. The lowest BCUT2D eigenvalue weighted by molar-refractivity contribution is -0.139. The molecule has 2 rings (SSSR count). The lowest BCUT2D eigenvalue weighted by Gasteiger charge is -2.38. The predicted molar refractivity (Wildman–Crippen MR) is 109 cm³/mol. The molecule has 27 heavy (non-hydrogen) atoms. The second-order valence-electron chi connectivity index (χ2n) is 7.26. The fourth-order valence-corrected chi connectivity index (χ4v) is 3.35. The summed E-state index contributed by atoms with van der Waals surface area (Å²) in [4.78, 5) is 26.4. The predicted octanol–water partition coefficient (Wildman–Crippen LogP) is 2.74. The number of ether oxygens (including phenoxy) is 1. The first-order valence-corrected chi connectivity index (χ1v) is 9.46. The van der Waals surface area contributed by atoms with Crippen LogP contribution in [0.5, 0.6) is 5.75 Å². The molecule has 0 bridgehead atoms. The number of amides is 2. The van der Waals surface area contributed by atoms with Gasteiger partial charge < -0.3 is 20.7 Å². The van der Waals surface area contributed by atoms with Crippen LogP contribution in [0.3, 0.4) is 0 Å². The third-order valence-corrected chi connectivity index (χ3v) is 4.85. The lowest BCUT2D eigenvalue weighted by Crippen LogP contribution is -2.49. The number of piperidine rings is 1. The number of nitrogens with one attached hydrogen (secondary N) is 1. The average Bonchev–Trinajstić information content (AvgIpc) is 2.60. The van der Waals surface area contributed by atoms with E-state index >= 15 is 0 Å². The van der Waals surface area contributed by atoms with Crippen molar-refractivity contribution in [3.63, 3.8) is 0 Å². The van der Waals surface area contributed by atoms with Crippen molar-refractivity contribution in [1.82, 2.24) is 10.2 Å². The van der Waals surface area contributed by atoms with Crippen LogP contribution in [0.15, 0.2) is 24.3 Å². The number of hydrogen-bond acceptors (Lipinski definition) is 4. The van der Waals surface area contributed by atoms with E-state index < -0.39 is 0 Å². The SMILES string of the molecule is CC(N)CCNC(=O)c1ccc(OCC(=O)N2C(C)CCCC2C)cc1.Cl. The summed E-state index contributed by atoms with van der Waals surface area (Å²) in [5, 5.41) is 2.83. The molecule has 1 fully saturated rings. The van der Waals surface area contributed by atoms with Gasteiger partial charge in [0.2, 0.25) is 0 Å². The zero-order valence-electron chi connectivity index (χ0n) is 16.4. The van der Waals surface area contributed by atoms with Gasteiger partial charge in [0.25, 0.3) is 11.8 Å². The second-order valence-corrected chi connectivity index (χ2v) is 7.26. The zero-order valence-corrected chi connectivity index (χ0v) is 17.3. The number of benzene rings is 1. The summed E-state index contributed by atoms with van der Waals surface area (Å²) >= 11 is 0. The molecule has 3 unspecified atom stereocenters. The van der Waals surface area contributed by atoms with Crippen molar-refractivity contribution in [2.75, 3.05) is 13.2 Å². The highest BCUT2D eigenvalue weighted by atomic mass is 35.5. The van der Waals surface area contributed by atoms with E-state index in [0.717, 1.165) is 19.3 Å². The topological polar surface area (TPSA) is 84.7 Å². The molecule has 1 aliphatic rings. The molecule has 0 spiro atoms. The molecule has 0 aliphatic carbocycles. The average molecular weight is 398 g/mol. The van der Waals surface area contributed by atoms with Crippen LogP contribution in [0.4, 0.5) is 0 Å². The first-order valence-electron chi connectivity index (χ1n) is 9.46. The minimum atomic E-state index is -0.135. The highest BCUT2D eigenvalue weighted by Crippen LogP contribution is 2.23. The van der Waals surface area contributed by atoms with Gasteiger partial charge in [0, 0.05) is 30.2 Å². The fraction of sp³-hybridized carbons (Fsp3) is 0.600. The molecule has 6 nitrogen and oxygen atoms in total. The van der Waals surface area contributed by atoms with E-state index in [0.29, 0.717) is 17.9 Å². The summed E-state index contributed by atoms with van der Waals surface area (Å²) < 4.78 is 5.63. The molecule has 2 amide bonds. The normalized spacial score (nSPS) is 20.4. The van der Waals surface area contributed by atoms with Gasteiger partial charge in [0.05, 0.1) is 0 Å². The van der Waals surface area contributed by atoms with Gasteiger partial charge in [-0.1, -0.05) is 0 Å². The maximum Gasteiger partial charge on any atom is 0.260 e. The quantitative estimate of drug-likeness (QED) is 0.740. The molecule has 1 heterocycles. The first kappa shape index (κ1) is 23.2.